The number of hydrogen-bond acceptors (Lipinski definition) is 4. The zero-order chi connectivity index (χ0) is 12.3. The van der Waals surface area contributed by atoms with Gasteiger partial charge in [-0.3, -0.25) is 4.68 Å². The van der Waals surface area contributed by atoms with Gasteiger partial charge in [0.25, 0.3) is 0 Å². The van der Waals surface area contributed by atoms with E-state index in [2.05, 4.69) is 40.8 Å². The van der Waals surface area contributed by atoms with Crippen LogP contribution in [0.15, 0.2) is 17.8 Å². The molecule has 2 heterocycles. The summed E-state index contributed by atoms with van der Waals surface area (Å²) in [6, 6.07) is 0.500. The molecular weight excluding hydrogens is 232 g/mol. The van der Waals surface area contributed by atoms with Crippen LogP contribution in [0.2, 0.25) is 0 Å². The molecule has 2 aromatic rings. The Kier molecular flexibility index (Phi) is 3.91. The van der Waals surface area contributed by atoms with Gasteiger partial charge in [-0.25, -0.2) is 4.98 Å². The Labute approximate surface area is 106 Å². The quantitative estimate of drug-likeness (QED) is 0.884. The number of nitrogens with one attached hydrogen (secondary N) is 1. The highest BCUT2D eigenvalue weighted by Crippen LogP contribution is 2.10. The van der Waals surface area contributed by atoms with Crippen LogP contribution in [-0.2, 0) is 13.1 Å². The molecule has 0 aliphatic carbocycles. The number of nitrogens with zero attached hydrogens (tertiary/aromatic N) is 3. The van der Waals surface area contributed by atoms with Gasteiger partial charge in [-0.1, -0.05) is 13.8 Å². The maximum absolute atomic E-state index is 4.43. The van der Waals surface area contributed by atoms with E-state index >= 15 is 0 Å². The van der Waals surface area contributed by atoms with E-state index in [1.807, 2.05) is 17.8 Å². The Hall–Kier alpha value is -1.20. The summed E-state index contributed by atoms with van der Waals surface area (Å²) >= 11 is 1.68. The van der Waals surface area contributed by atoms with Crippen LogP contribution in [0.5, 0.6) is 0 Å². The summed E-state index contributed by atoms with van der Waals surface area (Å²) in [4.78, 5) is 4.43. The van der Waals surface area contributed by atoms with Crippen molar-refractivity contribution >= 4 is 11.3 Å². The Bertz CT molecular complexity index is 472. The number of hydrogen-bond donors (Lipinski definition) is 1. The van der Waals surface area contributed by atoms with Crippen molar-refractivity contribution < 1.29 is 0 Å². The molecule has 0 radical (unpaired) electrons. The van der Waals surface area contributed by atoms with Gasteiger partial charge in [0.05, 0.1) is 12.7 Å². The summed E-state index contributed by atoms with van der Waals surface area (Å²) < 4.78 is 1.94. The van der Waals surface area contributed by atoms with E-state index in [0.717, 1.165) is 23.8 Å². The van der Waals surface area contributed by atoms with E-state index in [9.17, 15) is 0 Å². The second-order valence-corrected chi connectivity index (χ2v) is 5.41. The lowest BCUT2D eigenvalue weighted by atomic mass is 10.3. The fourth-order valence-corrected chi connectivity index (χ4v) is 2.28. The van der Waals surface area contributed by atoms with Crippen LogP contribution in [0.3, 0.4) is 0 Å². The lowest BCUT2D eigenvalue weighted by molar-refractivity contribution is 0.588. The molecule has 0 atom stereocenters. The van der Waals surface area contributed by atoms with Crippen molar-refractivity contribution in [2.45, 2.75) is 39.9 Å². The van der Waals surface area contributed by atoms with Gasteiger partial charge in [0.15, 0.2) is 0 Å². The van der Waals surface area contributed by atoms with Crippen LogP contribution in [0, 0.1) is 6.92 Å². The second-order valence-electron chi connectivity index (χ2n) is 4.46. The predicted molar refractivity (Wildman–Crippen MR) is 70.2 cm³/mol. The van der Waals surface area contributed by atoms with Crippen molar-refractivity contribution in [1.82, 2.24) is 20.1 Å². The second kappa shape index (κ2) is 5.42. The van der Waals surface area contributed by atoms with Crippen molar-refractivity contribution in [3.8, 4) is 0 Å². The number of aryl methyl sites for hydroxylation is 1. The third-order valence-corrected chi connectivity index (χ3v) is 3.32. The maximum atomic E-state index is 4.43. The highest BCUT2D eigenvalue weighted by atomic mass is 32.1. The maximum Gasteiger partial charge on any atom is 0.114 e. The fraction of sp³-hybridized carbons (Fsp3) is 0.500. The molecule has 2 rings (SSSR count). The fourth-order valence-electron chi connectivity index (χ4n) is 1.52. The highest BCUT2D eigenvalue weighted by Gasteiger charge is 2.03. The summed E-state index contributed by atoms with van der Waals surface area (Å²) in [7, 11) is 0. The van der Waals surface area contributed by atoms with Crippen LogP contribution in [0.25, 0.3) is 0 Å². The zero-order valence-corrected chi connectivity index (χ0v) is 11.3. The molecule has 0 saturated carbocycles. The van der Waals surface area contributed by atoms with Crippen molar-refractivity contribution in [1.29, 1.82) is 0 Å². The van der Waals surface area contributed by atoms with Crippen LogP contribution in [0.4, 0.5) is 0 Å². The Morgan fingerprint density at radius 2 is 2.29 bits per heavy atom. The first-order valence-corrected chi connectivity index (χ1v) is 6.67. The van der Waals surface area contributed by atoms with Crippen molar-refractivity contribution in [2.75, 3.05) is 0 Å². The molecule has 92 valence electrons. The minimum atomic E-state index is 0.500. The summed E-state index contributed by atoms with van der Waals surface area (Å²) in [5, 5.41) is 10.9. The van der Waals surface area contributed by atoms with Crippen molar-refractivity contribution in [3.05, 3.63) is 34.0 Å². The summed E-state index contributed by atoms with van der Waals surface area (Å²) in [6.07, 6.45) is 3.99. The minimum Gasteiger partial charge on any atom is -0.310 e. The van der Waals surface area contributed by atoms with Gasteiger partial charge >= 0.3 is 0 Å². The summed E-state index contributed by atoms with van der Waals surface area (Å²) in [5.74, 6) is 0. The lowest BCUT2D eigenvalue weighted by Gasteiger charge is -2.05. The molecule has 0 unspecified atom stereocenters. The molecule has 0 saturated heterocycles. The predicted octanol–water partition coefficient (Wildman–Crippen LogP) is 2.19. The van der Waals surface area contributed by atoms with Crippen LogP contribution in [-0.4, -0.2) is 20.8 Å². The van der Waals surface area contributed by atoms with Gasteiger partial charge in [-0.05, 0) is 6.92 Å². The van der Waals surface area contributed by atoms with Gasteiger partial charge < -0.3 is 5.32 Å². The van der Waals surface area contributed by atoms with Gasteiger partial charge in [0, 0.05) is 35.4 Å². The summed E-state index contributed by atoms with van der Waals surface area (Å²) in [5.41, 5.74) is 2.30. The molecule has 0 bridgehead atoms. The molecule has 0 aliphatic rings. The lowest BCUT2D eigenvalue weighted by Crippen LogP contribution is -2.21. The van der Waals surface area contributed by atoms with Crippen LogP contribution >= 0.6 is 11.3 Å². The standard InChI is InChI=1S/C12H18N4S/c1-9(2)13-4-11-5-14-16(6-11)7-12-15-10(3)8-17-12/h5-6,8-9,13H,4,7H2,1-3H3. The third-order valence-electron chi connectivity index (χ3n) is 2.36. The van der Waals surface area contributed by atoms with Gasteiger partial charge in [-0.2, -0.15) is 5.10 Å². The van der Waals surface area contributed by atoms with Gasteiger partial charge in [0.1, 0.15) is 5.01 Å². The van der Waals surface area contributed by atoms with E-state index in [4.69, 9.17) is 0 Å². The average Bonchev–Trinajstić information content (AvgIpc) is 2.86. The largest absolute Gasteiger partial charge is 0.310 e. The van der Waals surface area contributed by atoms with E-state index in [-0.39, 0.29) is 0 Å². The number of aromatic nitrogens is 3. The third kappa shape index (κ3) is 3.64. The molecule has 4 nitrogen and oxygen atoms in total. The Balaban J connectivity index is 1.94. The molecule has 0 fully saturated rings. The molecule has 17 heavy (non-hydrogen) atoms. The van der Waals surface area contributed by atoms with Gasteiger partial charge in [0.2, 0.25) is 0 Å². The first-order chi connectivity index (χ1) is 8.13. The van der Waals surface area contributed by atoms with Crippen LogP contribution < -0.4 is 5.32 Å². The smallest absolute Gasteiger partial charge is 0.114 e. The number of rotatable bonds is 5. The summed E-state index contributed by atoms with van der Waals surface area (Å²) in [6.45, 7) is 7.93. The highest BCUT2D eigenvalue weighted by molar-refractivity contribution is 7.09. The topological polar surface area (TPSA) is 42.7 Å². The molecule has 1 N–H and O–H groups in total. The van der Waals surface area contributed by atoms with E-state index < -0.39 is 0 Å². The average molecular weight is 250 g/mol. The Morgan fingerprint density at radius 1 is 1.47 bits per heavy atom. The van der Waals surface area contributed by atoms with Crippen molar-refractivity contribution in [3.63, 3.8) is 0 Å². The van der Waals surface area contributed by atoms with Gasteiger partial charge in [-0.15, -0.1) is 11.3 Å². The zero-order valence-electron chi connectivity index (χ0n) is 10.5. The van der Waals surface area contributed by atoms with Crippen molar-refractivity contribution in [2.24, 2.45) is 0 Å². The first kappa shape index (κ1) is 12.3. The molecule has 5 heteroatoms. The Morgan fingerprint density at radius 3 is 2.94 bits per heavy atom. The molecule has 0 aromatic carbocycles. The van der Waals surface area contributed by atoms with E-state index in [1.165, 1.54) is 5.56 Å². The van der Waals surface area contributed by atoms with Crippen LogP contribution in [0.1, 0.15) is 30.1 Å². The van der Waals surface area contributed by atoms with E-state index in [1.54, 1.807) is 11.3 Å². The molecular formula is C12H18N4S. The molecule has 2 aromatic heterocycles. The number of thiazole rings is 1. The first-order valence-electron chi connectivity index (χ1n) is 5.79. The normalized spacial score (nSPS) is 11.3. The monoisotopic (exact) mass is 250 g/mol. The molecule has 0 spiro atoms. The molecule has 0 aliphatic heterocycles. The minimum absolute atomic E-state index is 0.500. The SMILES string of the molecule is Cc1csc(Cn2cc(CNC(C)C)cn2)n1. The van der Waals surface area contributed by atoms with E-state index in [0.29, 0.717) is 6.04 Å². The molecule has 0 amide bonds.